The first-order valence-corrected chi connectivity index (χ1v) is 10.0. The van der Waals surface area contributed by atoms with E-state index in [1.54, 1.807) is 13.0 Å². The van der Waals surface area contributed by atoms with Gasteiger partial charge in [-0.3, -0.25) is 9.59 Å². The van der Waals surface area contributed by atoms with E-state index in [0.29, 0.717) is 23.3 Å². The Morgan fingerprint density at radius 2 is 2.14 bits per heavy atom. The quantitative estimate of drug-likeness (QED) is 0.710. The van der Waals surface area contributed by atoms with E-state index in [2.05, 4.69) is 10.1 Å². The second-order valence-electron chi connectivity index (χ2n) is 7.00. The summed E-state index contributed by atoms with van der Waals surface area (Å²) in [6.45, 7) is 5.44. The molecule has 1 atom stereocenters. The van der Waals surface area contributed by atoms with Crippen LogP contribution in [0.4, 0.5) is 4.39 Å². The number of pyridine rings is 1. The van der Waals surface area contributed by atoms with E-state index in [-0.39, 0.29) is 23.7 Å². The molecule has 0 bridgehead atoms. The summed E-state index contributed by atoms with van der Waals surface area (Å²) in [6, 6.07) is 6.37. The molecule has 0 unspecified atom stereocenters. The monoisotopic (exact) mass is 397 g/mol. The molecule has 0 saturated carbocycles. The molecule has 1 aliphatic rings. The van der Waals surface area contributed by atoms with Gasteiger partial charge in [0.25, 0.3) is 5.56 Å². The van der Waals surface area contributed by atoms with E-state index >= 15 is 0 Å². The van der Waals surface area contributed by atoms with Gasteiger partial charge < -0.3 is 4.98 Å². The van der Waals surface area contributed by atoms with Crippen LogP contribution in [0.3, 0.4) is 0 Å². The fraction of sp³-hybridized carbons (Fsp3) is 0.286. The fourth-order valence-corrected chi connectivity index (χ4v) is 4.56. The summed E-state index contributed by atoms with van der Waals surface area (Å²) in [5.74, 6) is -0.570. The van der Waals surface area contributed by atoms with Crippen LogP contribution in [0.25, 0.3) is 10.2 Å². The molecule has 1 amide bonds. The van der Waals surface area contributed by atoms with Crippen LogP contribution in [0, 0.1) is 19.7 Å². The molecule has 7 heteroatoms. The van der Waals surface area contributed by atoms with Gasteiger partial charge in [0, 0.05) is 23.8 Å². The number of rotatable bonds is 3. The highest BCUT2D eigenvalue weighted by Gasteiger charge is 2.35. The number of thiophene rings is 1. The van der Waals surface area contributed by atoms with Gasteiger partial charge in [0.1, 0.15) is 10.6 Å². The number of aromatic nitrogens is 1. The highest BCUT2D eigenvalue weighted by molar-refractivity contribution is 7.16. The van der Waals surface area contributed by atoms with Crippen molar-refractivity contribution in [1.82, 2.24) is 9.99 Å². The van der Waals surface area contributed by atoms with E-state index in [9.17, 15) is 14.0 Å². The Hall–Kier alpha value is -2.80. The Bertz CT molecular complexity index is 1180. The number of hydrogen-bond acceptors (Lipinski definition) is 4. The number of nitrogens with zero attached hydrogens (tertiary/aromatic N) is 2. The summed E-state index contributed by atoms with van der Waals surface area (Å²) in [7, 11) is 0. The average molecular weight is 397 g/mol. The molecular weight excluding hydrogens is 377 g/mol. The maximum Gasteiger partial charge on any atom is 0.258 e. The Morgan fingerprint density at radius 3 is 2.86 bits per heavy atom. The molecule has 3 aromatic rings. The molecular formula is C21H20FN3O2S. The zero-order chi connectivity index (χ0) is 20.0. The number of benzene rings is 1. The molecule has 0 aliphatic carbocycles. The molecule has 3 heterocycles. The van der Waals surface area contributed by atoms with Gasteiger partial charge in [-0.2, -0.15) is 5.10 Å². The molecule has 1 aliphatic heterocycles. The molecule has 0 fully saturated rings. The third kappa shape index (κ3) is 2.96. The molecule has 2 aromatic heterocycles. The van der Waals surface area contributed by atoms with Crippen LogP contribution in [-0.2, 0) is 4.79 Å². The Balaban J connectivity index is 1.83. The number of halogens is 1. The lowest BCUT2D eigenvalue weighted by Gasteiger charge is -2.22. The molecule has 1 aromatic carbocycles. The van der Waals surface area contributed by atoms with Gasteiger partial charge in [0.2, 0.25) is 5.91 Å². The minimum absolute atomic E-state index is 0.203. The van der Waals surface area contributed by atoms with E-state index in [1.165, 1.54) is 22.4 Å². The number of fused-ring (bicyclic) bond motifs is 1. The smallest absolute Gasteiger partial charge is 0.258 e. The Morgan fingerprint density at radius 1 is 1.36 bits per heavy atom. The van der Waals surface area contributed by atoms with E-state index in [0.717, 1.165) is 21.3 Å². The summed E-state index contributed by atoms with van der Waals surface area (Å²) >= 11 is 1.47. The van der Waals surface area contributed by atoms with Gasteiger partial charge >= 0.3 is 0 Å². The number of hydrogen-bond donors (Lipinski definition) is 1. The predicted molar refractivity (Wildman–Crippen MR) is 109 cm³/mol. The maximum atomic E-state index is 14.6. The minimum atomic E-state index is -0.556. The highest BCUT2D eigenvalue weighted by Crippen LogP contribution is 2.35. The minimum Gasteiger partial charge on any atom is -0.313 e. The number of nitrogens with one attached hydrogen (secondary N) is 1. The van der Waals surface area contributed by atoms with Crippen LogP contribution < -0.4 is 5.56 Å². The van der Waals surface area contributed by atoms with Crippen LogP contribution in [0.15, 0.2) is 39.5 Å². The molecule has 144 valence electrons. The van der Waals surface area contributed by atoms with Crippen molar-refractivity contribution in [2.75, 3.05) is 0 Å². The number of H-pyrrole nitrogens is 1. The third-order valence-corrected chi connectivity index (χ3v) is 6.00. The average Bonchev–Trinajstić information content (AvgIpc) is 3.28. The van der Waals surface area contributed by atoms with Crippen LogP contribution >= 0.6 is 11.3 Å². The van der Waals surface area contributed by atoms with E-state index in [4.69, 9.17) is 0 Å². The molecule has 0 radical (unpaired) electrons. The maximum absolute atomic E-state index is 14.6. The number of hydrazone groups is 1. The standard InChI is InChI=1S/C21H20FN3O2S/c1-4-18(26)25-17(14-6-5-11(2)9-15(14)22)10-16(24-25)19-12(3)13-7-8-28-21(13)23-20(19)27/h5-9,17H,4,10H2,1-3H3,(H,23,27)/t17-/m0/s1. The highest BCUT2D eigenvalue weighted by atomic mass is 32.1. The molecule has 0 saturated heterocycles. The first-order valence-electron chi connectivity index (χ1n) is 9.16. The molecule has 28 heavy (non-hydrogen) atoms. The van der Waals surface area contributed by atoms with E-state index in [1.807, 2.05) is 31.4 Å². The predicted octanol–water partition coefficient (Wildman–Crippen LogP) is 4.43. The molecule has 0 spiro atoms. The summed E-state index contributed by atoms with van der Waals surface area (Å²) < 4.78 is 14.6. The van der Waals surface area contributed by atoms with Crippen LogP contribution in [-0.4, -0.2) is 21.6 Å². The van der Waals surface area contributed by atoms with E-state index < -0.39 is 6.04 Å². The van der Waals surface area contributed by atoms with Gasteiger partial charge in [-0.25, -0.2) is 9.40 Å². The summed E-state index contributed by atoms with van der Waals surface area (Å²) in [5, 5.41) is 8.69. The number of carbonyl (C=O) groups is 1. The number of carbonyl (C=O) groups excluding carboxylic acids is 1. The van der Waals surface area contributed by atoms with Crippen molar-refractivity contribution in [3.05, 3.63) is 68.1 Å². The van der Waals surface area contributed by atoms with Crippen LogP contribution in [0.1, 0.15) is 48.1 Å². The first kappa shape index (κ1) is 18.6. The number of aryl methyl sites for hydroxylation is 2. The summed E-state index contributed by atoms with van der Waals surface area (Å²) in [6.07, 6.45) is 0.547. The van der Waals surface area contributed by atoms with Gasteiger partial charge in [-0.1, -0.05) is 19.1 Å². The molecule has 1 N–H and O–H groups in total. The molecule has 5 nitrogen and oxygen atoms in total. The normalized spacial score (nSPS) is 16.6. The van der Waals surface area contributed by atoms with Gasteiger partial charge in [0.05, 0.1) is 17.3 Å². The van der Waals surface area contributed by atoms with Crippen LogP contribution in [0.2, 0.25) is 0 Å². The van der Waals surface area contributed by atoms with Gasteiger partial charge in [0.15, 0.2) is 0 Å². The fourth-order valence-electron chi connectivity index (χ4n) is 3.72. The summed E-state index contributed by atoms with van der Waals surface area (Å²) in [4.78, 5) is 28.9. The van der Waals surface area contributed by atoms with Gasteiger partial charge in [-0.05, 0) is 42.5 Å². The van der Waals surface area contributed by atoms with Crippen molar-refractivity contribution in [3.8, 4) is 0 Å². The Kier molecular flexibility index (Phi) is 4.63. The lowest BCUT2D eigenvalue weighted by atomic mass is 9.95. The van der Waals surface area contributed by atoms with Crippen molar-refractivity contribution in [3.63, 3.8) is 0 Å². The first-order chi connectivity index (χ1) is 13.4. The Labute approximate surface area is 165 Å². The molecule has 4 rings (SSSR count). The lowest BCUT2D eigenvalue weighted by Crippen LogP contribution is -2.26. The zero-order valence-electron chi connectivity index (χ0n) is 15.9. The number of aromatic amines is 1. The zero-order valence-corrected chi connectivity index (χ0v) is 16.7. The largest absolute Gasteiger partial charge is 0.313 e. The second-order valence-corrected chi connectivity index (χ2v) is 7.92. The van der Waals surface area contributed by atoms with Crippen molar-refractivity contribution >= 4 is 33.2 Å². The van der Waals surface area contributed by atoms with Crippen molar-refractivity contribution in [1.29, 1.82) is 0 Å². The third-order valence-electron chi connectivity index (χ3n) is 5.17. The second kappa shape index (κ2) is 6.98. The van der Waals surface area contributed by atoms with Crippen LogP contribution in [0.5, 0.6) is 0 Å². The van der Waals surface area contributed by atoms with Crippen molar-refractivity contribution < 1.29 is 9.18 Å². The van der Waals surface area contributed by atoms with Crippen molar-refractivity contribution in [2.24, 2.45) is 5.10 Å². The summed E-state index contributed by atoms with van der Waals surface area (Å²) in [5.41, 5.74) is 2.79. The lowest BCUT2D eigenvalue weighted by molar-refractivity contribution is -0.132. The SMILES string of the molecule is CCC(=O)N1N=C(c2c(C)c3ccsc3[nH]c2=O)C[C@H]1c1ccc(C)cc1F. The van der Waals surface area contributed by atoms with Crippen molar-refractivity contribution in [2.45, 2.75) is 39.7 Å². The topological polar surface area (TPSA) is 65.5 Å². The van der Waals surface area contributed by atoms with Gasteiger partial charge in [-0.15, -0.1) is 11.3 Å². The number of amides is 1.